The van der Waals surface area contributed by atoms with Crippen molar-refractivity contribution in [1.29, 1.82) is 5.26 Å². The summed E-state index contributed by atoms with van der Waals surface area (Å²) in [6, 6.07) is 6.41. The fourth-order valence-corrected chi connectivity index (χ4v) is 3.46. The van der Waals surface area contributed by atoms with Gasteiger partial charge in [0.2, 0.25) is 10.0 Å². The predicted molar refractivity (Wildman–Crippen MR) is 75.1 cm³/mol. The lowest BCUT2D eigenvalue weighted by Crippen LogP contribution is -2.37. The second-order valence-electron chi connectivity index (χ2n) is 4.55. The molecule has 0 radical (unpaired) electrons. The molecule has 0 amide bonds. The monoisotopic (exact) mass is 278 g/mol. The first-order valence-corrected chi connectivity index (χ1v) is 7.42. The maximum absolute atomic E-state index is 12.5. The van der Waals surface area contributed by atoms with Crippen LogP contribution in [-0.4, -0.2) is 25.3 Å². The highest BCUT2D eigenvalue weighted by Gasteiger charge is 2.26. The number of sulfonamides is 1. The van der Waals surface area contributed by atoms with Crippen molar-refractivity contribution in [2.45, 2.75) is 31.7 Å². The molecule has 4 nitrogen and oxygen atoms in total. The molecule has 0 spiro atoms. The molecule has 0 aliphatic heterocycles. The highest BCUT2D eigenvalue weighted by atomic mass is 32.2. The lowest BCUT2D eigenvalue weighted by atomic mass is 10.1. The quantitative estimate of drug-likeness (QED) is 0.777. The summed E-state index contributed by atoms with van der Waals surface area (Å²) < 4.78 is 26.4. The van der Waals surface area contributed by atoms with Crippen LogP contribution in [0.5, 0.6) is 0 Å². The van der Waals surface area contributed by atoms with E-state index in [4.69, 9.17) is 5.26 Å². The Morgan fingerprint density at radius 3 is 2.53 bits per heavy atom. The van der Waals surface area contributed by atoms with Crippen molar-refractivity contribution in [3.05, 3.63) is 42.0 Å². The standard InChI is InChI=1S/C14H18N2O2S/c1-5-8-16(11(2)3)19(17,18)14-7-6-13(10-15)12(4)9-14/h5-7,9,11H,1,8H2,2-4H3. The van der Waals surface area contributed by atoms with E-state index >= 15 is 0 Å². The molecule has 5 heteroatoms. The maximum Gasteiger partial charge on any atom is 0.243 e. The Kier molecular flexibility index (Phi) is 4.87. The number of aryl methyl sites for hydroxylation is 1. The Balaban J connectivity index is 3.30. The molecule has 0 N–H and O–H groups in total. The fourth-order valence-electron chi connectivity index (χ4n) is 1.77. The lowest BCUT2D eigenvalue weighted by molar-refractivity contribution is 0.383. The van der Waals surface area contributed by atoms with Gasteiger partial charge in [0.1, 0.15) is 0 Å². The van der Waals surface area contributed by atoms with Crippen LogP contribution < -0.4 is 0 Å². The highest BCUT2D eigenvalue weighted by molar-refractivity contribution is 7.89. The van der Waals surface area contributed by atoms with E-state index in [0.29, 0.717) is 11.1 Å². The zero-order valence-corrected chi connectivity index (χ0v) is 12.2. The van der Waals surface area contributed by atoms with Crippen molar-refractivity contribution in [3.8, 4) is 6.07 Å². The molecule has 0 saturated carbocycles. The van der Waals surface area contributed by atoms with E-state index in [1.807, 2.05) is 19.9 Å². The number of hydrogen-bond acceptors (Lipinski definition) is 3. The molecule has 1 aromatic rings. The normalized spacial score (nSPS) is 11.6. The molecular formula is C14H18N2O2S. The summed E-state index contributed by atoms with van der Waals surface area (Å²) >= 11 is 0. The Labute approximate surface area is 115 Å². The number of benzene rings is 1. The average Bonchev–Trinajstić information content (AvgIpc) is 2.35. The first kappa shape index (κ1) is 15.4. The van der Waals surface area contributed by atoms with Gasteiger partial charge < -0.3 is 0 Å². The summed E-state index contributed by atoms with van der Waals surface area (Å²) in [6.45, 7) is 9.21. The zero-order valence-electron chi connectivity index (χ0n) is 11.4. The third-order valence-electron chi connectivity index (χ3n) is 2.81. The molecule has 0 bridgehead atoms. The van der Waals surface area contributed by atoms with Crippen LogP contribution in [0.1, 0.15) is 25.0 Å². The topological polar surface area (TPSA) is 61.2 Å². The molecule has 1 rings (SSSR count). The number of nitrogens with zero attached hydrogens (tertiary/aromatic N) is 2. The minimum atomic E-state index is -3.56. The Hall–Kier alpha value is -1.64. The molecule has 0 heterocycles. The van der Waals surface area contributed by atoms with E-state index < -0.39 is 10.0 Å². The minimum Gasteiger partial charge on any atom is -0.207 e. The van der Waals surface area contributed by atoms with Gasteiger partial charge in [0, 0.05) is 12.6 Å². The van der Waals surface area contributed by atoms with Gasteiger partial charge in [-0.15, -0.1) is 6.58 Å². The van der Waals surface area contributed by atoms with Crippen LogP contribution in [0.2, 0.25) is 0 Å². The molecule has 0 aliphatic carbocycles. The van der Waals surface area contributed by atoms with Gasteiger partial charge in [0.25, 0.3) is 0 Å². The van der Waals surface area contributed by atoms with Crippen LogP contribution >= 0.6 is 0 Å². The van der Waals surface area contributed by atoms with E-state index in [9.17, 15) is 8.42 Å². The van der Waals surface area contributed by atoms with Gasteiger partial charge in [0.15, 0.2) is 0 Å². The Morgan fingerprint density at radius 2 is 2.11 bits per heavy atom. The molecule has 1 aromatic carbocycles. The van der Waals surface area contributed by atoms with E-state index in [2.05, 4.69) is 6.58 Å². The van der Waals surface area contributed by atoms with Crippen molar-refractivity contribution >= 4 is 10.0 Å². The minimum absolute atomic E-state index is 0.154. The van der Waals surface area contributed by atoms with Crippen LogP contribution in [-0.2, 0) is 10.0 Å². The third kappa shape index (κ3) is 3.22. The second kappa shape index (κ2) is 6.00. The third-order valence-corrected chi connectivity index (χ3v) is 4.85. The lowest BCUT2D eigenvalue weighted by Gasteiger charge is -2.24. The van der Waals surface area contributed by atoms with Gasteiger partial charge in [-0.1, -0.05) is 6.08 Å². The van der Waals surface area contributed by atoms with E-state index in [1.54, 1.807) is 13.0 Å². The molecular weight excluding hydrogens is 260 g/mol. The molecule has 0 unspecified atom stereocenters. The van der Waals surface area contributed by atoms with Crippen LogP contribution in [0.3, 0.4) is 0 Å². The number of nitriles is 1. The summed E-state index contributed by atoms with van der Waals surface area (Å²) in [6.07, 6.45) is 1.56. The highest BCUT2D eigenvalue weighted by Crippen LogP contribution is 2.20. The molecule has 0 aliphatic rings. The molecule has 0 aromatic heterocycles. The van der Waals surface area contributed by atoms with Gasteiger partial charge >= 0.3 is 0 Å². The number of hydrogen-bond donors (Lipinski definition) is 0. The van der Waals surface area contributed by atoms with Gasteiger partial charge in [-0.2, -0.15) is 9.57 Å². The first-order chi connectivity index (χ1) is 8.84. The van der Waals surface area contributed by atoms with Crippen molar-refractivity contribution in [2.24, 2.45) is 0 Å². The second-order valence-corrected chi connectivity index (χ2v) is 6.44. The Morgan fingerprint density at radius 1 is 1.47 bits per heavy atom. The largest absolute Gasteiger partial charge is 0.243 e. The fraction of sp³-hybridized carbons (Fsp3) is 0.357. The van der Waals surface area contributed by atoms with Gasteiger partial charge in [0.05, 0.1) is 16.5 Å². The summed E-state index contributed by atoms with van der Waals surface area (Å²) in [7, 11) is -3.56. The smallest absolute Gasteiger partial charge is 0.207 e. The molecule has 19 heavy (non-hydrogen) atoms. The SMILES string of the molecule is C=CCN(C(C)C)S(=O)(=O)c1ccc(C#N)c(C)c1. The molecule has 0 fully saturated rings. The molecule has 0 saturated heterocycles. The van der Waals surface area contributed by atoms with Crippen molar-refractivity contribution in [1.82, 2.24) is 4.31 Å². The molecule has 0 atom stereocenters. The van der Waals surface area contributed by atoms with Crippen LogP contribution in [0.25, 0.3) is 0 Å². The maximum atomic E-state index is 12.5. The first-order valence-electron chi connectivity index (χ1n) is 5.98. The van der Waals surface area contributed by atoms with Gasteiger partial charge in [-0.3, -0.25) is 0 Å². The van der Waals surface area contributed by atoms with Gasteiger partial charge in [-0.25, -0.2) is 8.42 Å². The van der Waals surface area contributed by atoms with E-state index in [0.717, 1.165) is 0 Å². The van der Waals surface area contributed by atoms with Crippen LogP contribution in [0.4, 0.5) is 0 Å². The average molecular weight is 278 g/mol. The predicted octanol–water partition coefficient (Wildman–Crippen LogP) is 2.45. The summed E-state index contributed by atoms with van der Waals surface area (Å²) in [5, 5.41) is 8.87. The molecule has 102 valence electrons. The van der Waals surface area contributed by atoms with Gasteiger partial charge in [-0.05, 0) is 44.5 Å². The van der Waals surface area contributed by atoms with Crippen molar-refractivity contribution in [2.75, 3.05) is 6.54 Å². The van der Waals surface area contributed by atoms with Crippen LogP contribution in [0, 0.1) is 18.3 Å². The van der Waals surface area contributed by atoms with E-state index in [1.165, 1.54) is 22.5 Å². The van der Waals surface area contributed by atoms with E-state index in [-0.39, 0.29) is 17.5 Å². The summed E-state index contributed by atoms with van der Waals surface area (Å²) in [5.74, 6) is 0. The zero-order chi connectivity index (χ0) is 14.6. The number of rotatable bonds is 5. The summed E-state index contributed by atoms with van der Waals surface area (Å²) in [4.78, 5) is 0.208. The van der Waals surface area contributed by atoms with Crippen molar-refractivity contribution < 1.29 is 8.42 Å². The van der Waals surface area contributed by atoms with Crippen LogP contribution in [0.15, 0.2) is 35.7 Å². The summed E-state index contributed by atoms with van der Waals surface area (Å²) in [5.41, 5.74) is 1.14. The Bertz CT molecular complexity index is 613. The van der Waals surface area contributed by atoms with Crippen molar-refractivity contribution in [3.63, 3.8) is 0 Å².